The molecule has 1 aromatic rings. The molecule has 0 spiro atoms. The van der Waals surface area contributed by atoms with Crippen LogP contribution in [-0.4, -0.2) is 65.8 Å². The number of benzene rings is 1. The Hall–Kier alpha value is -3.72. The van der Waals surface area contributed by atoms with Crippen molar-refractivity contribution in [2.45, 2.75) is 52.1 Å². The van der Waals surface area contributed by atoms with Gasteiger partial charge >= 0.3 is 23.6 Å². The first-order valence-corrected chi connectivity index (χ1v) is 10.0. The third kappa shape index (κ3) is 12.9. The van der Waals surface area contributed by atoms with Crippen LogP contribution in [0.15, 0.2) is 18.2 Å². The number of hydrogen-bond donors (Lipinski definition) is 2. The Morgan fingerprint density at radius 2 is 1.74 bits per heavy atom. The Morgan fingerprint density at radius 3 is 2.17 bits per heavy atom. The van der Waals surface area contributed by atoms with Crippen molar-refractivity contribution >= 4 is 48.8 Å². The van der Waals surface area contributed by atoms with Crippen LogP contribution in [0.4, 0.5) is 5.69 Å². The normalized spacial score (nSPS) is 18.1. The minimum atomic E-state index is -1.09. The van der Waals surface area contributed by atoms with Gasteiger partial charge in [0, 0.05) is 58.2 Å². The summed E-state index contributed by atoms with van der Waals surface area (Å²) in [6, 6.07) is 3.67. The number of nitro groups is 1. The number of aliphatic carboxylic acids is 1. The molecule has 0 saturated carbocycles. The molecule has 0 bridgehead atoms. The third-order valence-corrected chi connectivity index (χ3v) is 4.00. The van der Waals surface area contributed by atoms with Crippen molar-refractivity contribution in [3.8, 4) is 5.75 Å². The average molecular weight is 519 g/mol. The van der Waals surface area contributed by atoms with Gasteiger partial charge < -0.3 is 28.2 Å². The van der Waals surface area contributed by atoms with Gasteiger partial charge in [0.2, 0.25) is 6.29 Å². The topological polar surface area (TPSA) is 195 Å². The van der Waals surface area contributed by atoms with E-state index in [1.807, 2.05) is 0 Å². The van der Waals surface area contributed by atoms with Crippen molar-refractivity contribution in [2.24, 2.45) is 0 Å². The highest BCUT2D eigenvalue weighted by Gasteiger charge is 2.38. The Bertz CT molecular complexity index is 916. The number of methoxy groups -OCH3 is 1. The van der Waals surface area contributed by atoms with E-state index in [2.05, 4.69) is 21.8 Å². The minimum absolute atomic E-state index is 0.0691. The first-order chi connectivity index (χ1) is 16.3. The molecular weight excluding hydrogens is 494 g/mol. The van der Waals surface area contributed by atoms with E-state index in [0.29, 0.717) is 6.29 Å². The molecule has 0 amide bonds. The first-order valence-electron chi connectivity index (χ1n) is 9.66. The zero-order chi connectivity index (χ0) is 27.1. The predicted molar refractivity (Wildman–Crippen MR) is 119 cm³/mol. The molecule has 1 N–H and O–H groups in total. The second-order valence-corrected chi connectivity index (χ2v) is 6.78. The third-order valence-electron chi connectivity index (χ3n) is 3.75. The summed E-state index contributed by atoms with van der Waals surface area (Å²) >= 11 is 3.17. The molecule has 1 fully saturated rings. The first kappa shape index (κ1) is 31.3. The van der Waals surface area contributed by atoms with E-state index in [-0.39, 0.29) is 30.1 Å². The van der Waals surface area contributed by atoms with Crippen LogP contribution < -0.4 is 4.74 Å². The van der Waals surface area contributed by atoms with Gasteiger partial charge in [0.15, 0.2) is 11.9 Å². The maximum atomic E-state index is 11.8. The summed E-state index contributed by atoms with van der Waals surface area (Å²) < 4.78 is 24.5. The Labute approximate surface area is 205 Å². The molecule has 1 aromatic carbocycles. The highest BCUT2D eigenvalue weighted by molar-refractivity contribution is 7.75. The van der Waals surface area contributed by atoms with Gasteiger partial charge in [-0.25, -0.2) is 4.79 Å². The largest absolute Gasteiger partial charge is 0.481 e. The highest BCUT2D eigenvalue weighted by atomic mass is 32.1. The van der Waals surface area contributed by atoms with Gasteiger partial charge in [-0.05, 0) is 12.1 Å². The number of carbonyl (C=O) groups excluding carboxylic acids is 4. The Kier molecular flexibility index (Phi) is 14.3. The summed E-state index contributed by atoms with van der Waals surface area (Å²) in [4.78, 5) is 62.7. The van der Waals surface area contributed by atoms with Gasteiger partial charge in [-0.1, -0.05) is 0 Å². The Balaban J connectivity index is 0.00000110. The predicted octanol–water partition coefficient (Wildman–Crippen LogP) is 1.88. The molecule has 0 radical (unpaired) electrons. The van der Waals surface area contributed by atoms with Crippen molar-refractivity contribution in [2.75, 3.05) is 7.11 Å². The second kappa shape index (κ2) is 16.0. The van der Waals surface area contributed by atoms with Crippen LogP contribution >= 0.6 is 12.9 Å². The van der Waals surface area contributed by atoms with Crippen LogP contribution in [0.2, 0.25) is 0 Å². The lowest BCUT2D eigenvalue weighted by Crippen LogP contribution is -2.44. The van der Waals surface area contributed by atoms with E-state index in [4.69, 9.17) is 24.1 Å². The molecule has 0 aromatic heterocycles. The molecule has 2 rings (SSSR count). The van der Waals surface area contributed by atoms with Crippen LogP contribution in [-0.2, 0) is 37.6 Å². The molecule has 2 unspecified atom stereocenters. The molecule has 0 aliphatic carbocycles. The quantitative estimate of drug-likeness (QED) is 0.105. The summed E-state index contributed by atoms with van der Waals surface area (Å²) in [7, 11) is 1.18. The van der Waals surface area contributed by atoms with Gasteiger partial charge in [-0.2, -0.15) is 0 Å². The lowest BCUT2D eigenvalue weighted by Gasteiger charge is -2.33. The number of ether oxygens (including phenoxy) is 4. The monoisotopic (exact) mass is 519 g/mol. The maximum Gasteiger partial charge on any atom is 0.335 e. The van der Waals surface area contributed by atoms with Crippen LogP contribution in [0.1, 0.15) is 44.0 Å². The number of aldehydes is 1. The molecule has 3 atom stereocenters. The van der Waals surface area contributed by atoms with Gasteiger partial charge in [0.05, 0.1) is 12.0 Å². The summed E-state index contributed by atoms with van der Waals surface area (Å²) in [5.41, 5.74) is -0.318. The number of nitro benzene ring substituents is 1. The molecule has 194 valence electrons. The van der Waals surface area contributed by atoms with E-state index in [1.165, 1.54) is 33.1 Å². The fourth-order valence-electron chi connectivity index (χ4n) is 2.53. The van der Waals surface area contributed by atoms with E-state index < -0.39 is 47.0 Å². The number of nitrogens with zero attached hydrogens (tertiary/aromatic N) is 1. The fraction of sp³-hybridized carbons (Fsp3) is 0.450. The number of carboxylic acid groups (broad SMARTS) is 1. The van der Waals surface area contributed by atoms with Crippen LogP contribution in [0.25, 0.3) is 0 Å². The van der Waals surface area contributed by atoms with Crippen molar-refractivity contribution < 1.29 is 57.1 Å². The zero-order valence-corrected chi connectivity index (χ0v) is 20.1. The van der Waals surface area contributed by atoms with E-state index >= 15 is 0 Å². The molecule has 15 heteroatoms. The van der Waals surface area contributed by atoms with Crippen molar-refractivity contribution in [3.63, 3.8) is 0 Å². The zero-order valence-electron chi connectivity index (χ0n) is 19.2. The molecule has 1 aliphatic rings. The van der Waals surface area contributed by atoms with Gasteiger partial charge in [-0.3, -0.25) is 29.3 Å². The number of thiol groups is 1. The number of carboxylic acids is 1. The summed E-state index contributed by atoms with van der Waals surface area (Å²) in [6.45, 7) is 3.59. The van der Waals surface area contributed by atoms with Crippen LogP contribution in [0, 0.1) is 10.1 Å². The molecular formula is C20H25NO13S. The SMILES string of the molecule is CC(=O)O.CC(=O)OS.COC(=O)[C@@H]1CC(OC(C)=O)CC(Oc2ccc(C=O)cc2[N+](=O)[O-])O1. The lowest BCUT2D eigenvalue weighted by atomic mass is 10.0. The number of carbonyl (C=O) groups is 5. The van der Waals surface area contributed by atoms with E-state index in [9.17, 15) is 29.3 Å². The van der Waals surface area contributed by atoms with Crippen LogP contribution in [0.5, 0.6) is 5.75 Å². The second-order valence-electron chi connectivity index (χ2n) is 6.60. The molecule has 14 nitrogen and oxygen atoms in total. The van der Waals surface area contributed by atoms with Gasteiger partial charge in [0.25, 0.3) is 5.97 Å². The fourth-order valence-corrected chi connectivity index (χ4v) is 2.53. The Morgan fingerprint density at radius 1 is 1.17 bits per heavy atom. The summed E-state index contributed by atoms with van der Waals surface area (Å²) in [5, 5.41) is 18.6. The maximum absolute atomic E-state index is 11.8. The number of esters is 2. The van der Waals surface area contributed by atoms with Crippen molar-refractivity contribution in [3.05, 3.63) is 33.9 Å². The number of hydrogen-bond acceptors (Lipinski definition) is 13. The highest BCUT2D eigenvalue weighted by Crippen LogP contribution is 2.32. The van der Waals surface area contributed by atoms with Gasteiger partial charge in [-0.15, -0.1) is 0 Å². The molecule has 35 heavy (non-hydrogen) atoms. The summed E-state index contributed by atoms with van der Waals surface area (Å²) in [5.74, 6) is -2.58. The van der Waals surface area contributed by atoms with Gasteiger partial charge in [0.1, 0.15) is 12.4 Å². The molecule has 1 heterocycles. The standard InChI is InChI=1S/C16H17NO9.C2H4O2S.C2H4O2/c1-9(19)24-11-6-14(16(20)23-2)26-15(7-11)25-13-4-3-10(8-18)5-12(13)17(21)22;1-2(3)4-5;1-2(3)4/h3-5,8,11,14-15H,6-7H2,1-2H3;5H,1H3;1H3,(H,3,4)/t11?,14-,15?;;/m0../s1. The van der Waals surface area contributed by atoms with E-state index in [1.54, 1.807) is 0 Å². The smallest absolute Gasteiger partial charge is 0.335 e. The summed E-state index contributed by atoms with van der Waals surface area (Å²) in [6.07, 6.45) is -2.19. The van der Waals surface area contributed by atoms with Crippen LogP contribution in [0.3, 0.4) is 0 Å². The molecule has 1 aliphatic heterocycles. The lowest BCUT2D eigenvalue weighted by molar-refractivity contribution is -0.386. The van der Waals surface area contributed by atoms with Crippen molar-refractivity contribution in [1.82, 2.24) is 0 Å². The minimum Gasteiger partial charge on any atom is -0.481 e. The number of rotatable bonds is 6. The average Bonchev–Trinajstić information content (AvgIpc) is 2.78. The van der Waals surface area contributed by atoms with E-state index in [0.717, 1.165) is 13.0 Å². The van der Waals surface area contributed by atoms with Crippen molar-refractivity contribution in [1.29, 1.82) is 0 Å². The molecule has 1 saturated heterocycles.